The molecule has 4 aliphatic carbocycles. The molecule has 0 spiro atoms. The Morgan fingerprint density at radius 3 is 2.07 bits per heavy atom. The van der Waals surface area contributed by atoms with Crippen LogP contribution < -0.4 is 0 Å². The number of hydrogen-bond acceptors (Lipinski definition) is 2. The molecule has 4 aliphatic rings. The predicted molar refractivity (Wildman–Crippen MR) is 57.5 cm³/mol. The molecule has 4 saturated carbocycles. The maximum absolute atomic E-state index is 11.5. The molecule has 4 bridgehead atoms. The number of hydrogen-bond donors (Lipinski definition) is 1. The van der Waals surface area contributed by atoms with Gasteiger partial charge in [0.1, 0.15) is 0 Å². The van der Waals surface area contributed by atoms with Gasteiger partial charge in [0, 0.05) is 4.87 Å². The smallest absolute Gasteiger partial charge is 0.270 e. The fourth-order valence-corrected chi connectivity index (χ4v) is 6.49. The van der Waals surface area contributed by atoms with E-state index in [1.807, 2.05) is 0 Å². The third-order valence-corrected chi connectivity index (χ3v) is 6.50. The minimum Gasteiger partial charge on any atom is -0.285 e. The lowest BCUT2D eigenvalue weighted by molar-refractivity contribution is 0.0454. The van der Waals surface area contributed by atoms with E-state index in [4.69, 9.17) is 11.6 Å². The van der Waals surface area contributed by atoms with Crippen molar-refractivity contribution < 1.29 is 13.0 Å². The van der Waals surface area contributed by atoms with Gasteiger partial charge in [0.05, 0.1) is 4.75 Å². The highest BCUT2D eigenvalue weighted by molar-refractivity contribution is 7.87. The van der Waals surface area contributed by atoms with Crippen molar-refractivity contribution in [3.8, 4) is 0 Å². The molecule has 4 rings (SSSR count). The summed E-state index contributed by atoms with van der Waals surface area (Å²) in [5.41, 5.74) is 0. The second-order valence-electron chi connectivity index (χ2n) is 5.77. The molecule has 2 unspecified atom stereocenters. The number of halogens is 1. The van der Waals surface area contributed by atoms with Crippen molar-refractivity contribution in [2.45, 2.75) is 48.1 Å². The SMILES string of the molecule is O=S(=O)(O)C12CC3CC(CC(Cl)(C3)C1)C2. The van der Waals surface area contributed by atoms with Gasteiger partial charge in [0.15, 0.2) is 0 Å². The molecule has 1 N–H and O–H groups in total. The van der Waals surface area contributed by atoms with Crippen LogP contribution in [0.1, 0.15) is 38.5 Å². The maximum atomic E-state index is 11.5. The lowest BCUT2D eigenvalue weighted by Crippen LogP contribution is -2.59. The highest BCUT2D eigenvalue weighted by atomic mass is 35.5. The minimum absolute atomic E-state index is 0.347. The largest absolute Gasteiger partial charge is 0.285 e. The van der Waals surface area contributed by atoms with E-state index in [0.29, 0.717) is 31.1 Å². The summed E-state index contributed by atoms with van der Waals surface area (Å²) < 4.78 is 31.6. The van der Waals surface area contributed by atoms with Gasteiger partial charge >= 0.3 is 0 Å². The molecule has 2 atom stereocenters. The van der Waals surface area contributed by atoms with Crippen LogP contribution in [0, 0.1) is 11.8 Å². The van der Waals surface area contributed by atoms with E-state index in [-0.39, 0.29) is 4.87 Å². The van der Waals surface area contributed by atoms with Gasteiger partial charge in [-0.15, -0.1) is 11.6 Å². The fourth-order valence-electron chi connectivity index (χ4n) is 4.37. The molecule has 4 fully saturated rings. The summed E-state index contributed by atoms with van der Waals surface area (Å²) in [5, 5.41) is 0. The first-order valence-corrected chi connectivity index (χ1v) is 7.30. The van der Waals surface area contributed by atoms with E-state index in [1.54, 1.807) is 0 Å². The average molecular weight is 251 g/mol. The van der Waals surface area contributed by atoms with Gasteiger partial charge in [0.2, 0.25) is 0 Å². The van der Waals surface area contributed by atoms with Crippen molar-refractivity contribution in [1.82, 2.24) is 0 Å². The van der Waals surface area contributed by atoms with Crippen molar-refractivity contribution in [3.63, 3.8) is 0 Å². The molecule has 15 heavy (non-hydrogen) atoms. The molecule has 0 radical (unpaired) electrons. The highest BCUT2D eigenvalue weighted by Crippen LogP contribution is 2.62. The van der Waals surface area contributed by atoms with Crippen LogP contribution in [-0.4, -0.2) is 22.6 Å². The normalized spacial score (nSPS) is 53.5. The highest BCUT2D eigenvalue weighted by Gasteiger charge is 2.62. The van der Waals surface area contributed by atoms with Gasteiger partial charge in [-0.1, -0.05) is 0 Å². The Hall–Kier alpha value is 0.200. The minimum atomic E-state index is -3.94. The number of alkyl halides is 1. The molecule has 0 aromatic heterocycles. The molecule has 0 aromatic carbocycles. The molecular formula is C10H15ClO3S. The predicted octanol–water partition coefficient (Wildman–Crippen LogP) is 2.20. The molecule has 0 amide bonds. The first kappa shape index (κ1) is 10.4. The second-order valence-corrected chi connectivity index (χ2v) is 8.39. The summed E-state index contributed by atoms with van der Waals surface area (Å²) >= 11 is 6.45. The van der Waals surface area contributed by atoms with E-state index in [2.05, 4.69) is 0 Å². The monoisotopic (exact) mass is 250 g/mol. The molecule has 0 aromatic rings. The van der Waals surface area contributed by atoms with E-state index in [1.165, 1.54) is 0 Å². The third kappa shape index (κ3) is 1.38. The lowest BCUT2D eigenvalue weighted by Gasteiger charge is -2.58. The average Bonchev–Trinajstić information content (AvgIpc) is 1.95. The molecule has 86 valence electrons. The van der Waals surface area contributed by atoms with Gasteiger partial charge in [0.25, 0.3) is 10.1 Å². The van der Waals surface area contributed by atoms with Crippen LogP contribution >= 0.6 is 11.6 Å². The van der Waals surface area contributed by atoms with Crippen LogP contribution in [0.5, 0.6) is 0 Å². The van der Waals surface area contributed by atoms with Crippen molar-refractivity contribution in [2.75, 3.05) is 0 Å². The summed E-state index contributed by atoms with van der Waals surface area (Å²) in [6.45, 7) is 0. The van der Waals surface area contributed by atoms with Gasteiger partial charge < -0.3 is 0 Å². The van der Waals surface area contributed by atoms with Crippen LogP contribution in [0.25, 0.3) is 0 Å². The van der Waals surface area contributed by atoms with E-state index in [9.17, 15) is 13.0 Å². The van der Waals surface area contributed by atoms with Crippen molar-refractivity contribution in [1.29, 1.82) is 0 Å². The topological polar surface area (TPSA) is 54.4 Å². The number of rotatable bonds is 1. The summed E-state index contributed by atoms with van der Waals surface area (Å²) in [7, 11) is -3.94. The molecule has 5 heteroatoms. The lowest BCUT2D eigenvalue weighted by atomic mass is 9.55. The van der Waals surface area contributed by atoms with E-state index >= 15 is 0 Å². The zero-order valence-electron chi connectivity index (χ0n) is 8.45. The molecule has 0 aliphatic heterocycles. The van der Waals surface area contributed by atoms with Crippen molar-refractivity contribution in [2.24, 2.45) is 11.8 Å². The third-order valence-electron chi connectivity index (χ3n) is 4.48. The summed E-state index contributed by atoms with van der Waals surface area (Å²) in [6.07, 6.45) is 4.66. The maximum Gasteiger partial charge on any atom is 0.270 e. The molecular weight excluding hydrogens is 236 g/mol. The van der Waals surface area contributed by atoms with Crippen LogP contribution in [-0.2, 0) is 10.1 Å². The zero-order chi connectivity index (χ0) is 10.9. The Morgan fingerprint density at radius 2 is 1.67 bits per heavy atom. The summed E-state index contributed by atoms with van der Waals surface area (Å²) in [6, 6.07) is 0. The van der Waals surface area contributed by atoms with Crippen molar-refractivity contribution in [3.05, 3.63) is 0 Å². The molecule has 3 nitrogen and oxygen atoms in total. The van der Waals surface area contributed by atoms with Gasteiger partial charge in [-0.05, 0) is 50.4 Å². The van der Waals surface area contributed by atoms with Crippen LogP contribution in [0.4, 0.5) is 0 Å². The van der Waals surface area contributed by atoms with Crippen molar-refractivity contribution >= 4 is 21.7 Å². The van der Waals surface area contributed by atoms with Gasteiger partial charge in [-0.2, -0.15) is 8.42 Å². The standard InChI is InChI=1S/C10H15ClO3S/c11-9-2-7-1-8(3-9)5-10(4-7,6-9)15(12,13)14/h7-8H,1-6H2,(H,12,13,14). The molecule has 0 heterocycles. The van der Waals surface area contributed by atoms with E-state index in [0.717, 1.165) is 19.3 Å². The van der Waals surface area contributed by atoms with Crippen LogP contribution in [0.15, 0.2) is 0 Å². The Balaban J connectivity index is 2.07. The zero-order valence-corrected chi connectivity index (χ0v) is 10.0. The molecule has 0 saturated heterocycles. The Morgan fingerprint density at radius 1 is 1.13 bits per heavy atom. The van der Waals surface area contributed by atoms with Gasteiger partial charge in [-0.3, -0.25) is 4.55 Å². The Bertz CT molecular complexity index is 389. The Kier molecular flexibility index (Phi) is 1.87. The quantitative estimate of drug-likeness (QED) is 0.573. The summed E-state index contributed by atoms with van der Waals surface area (Å²) in [5.74, 6) is 0.816. The first-order chi connectivity index (χ1) is 6.82. The Labute approximate surface area is 94.9 Å². The second kappa shape index (κ2) is 2.71. The summed E-state index contributed by atoms with van der Waals surface area (Å²) in [4.78, 5) is -0.347. The fraction of sp³-hybridized carbons (Fsp3) is 1.00. The first-order valence-electron chi connectivity index (χ1n) is 5.48. The van der Waals surface area contributed by atoms with Crippen LogP contribution in [0.3, 0.4) is 0 Å². The van der Waals surface area contributed by atoms with Crippen LogP contribution in [0.2, 0.25) is 0 Å². The van der Waals surface area contributed by atoms with Gasteiger partial charge in [-0.25, -0.2) is 0 Å². The van der Waals surface area contributed by atoms with E-state index < -0.39 is 14.9 Å².